The number of rotatable bonds is 2. The van der Waals surface area contributed by atoms with Crippen molar-refractivity contribution in [3.05, 3.63) is 48.4 Å². The summed E-state index contributed by atoms with van der Waals surface area (Å²) in [5.41, 5.74) is 2.43. The Bertz CT molecular complexity index is 731. The Morgan fingerprint density at radius 2 is 2.22 bits per heavy atom. The highest BCUT2D eigenvalue weighted by Crippen LogP contribution is 2.20. The quantitative estimate of drug-likeness (QED) is 0.647. The van der Waals surface area contributed by atoms with Crippen LogP contribution in [0.2, 0.25) is 0 Å². The molecule has 0 N–H and O–H groups in total. The van der Waals surface area contributed by atoms with Gasteiger partial charge in [0.05, 0.1) is 29.5 Å². The Balaban J connectivity index is 2.22. The van der Waals surface area contributed by atoms with Crippen LogP contribution >= 0.6 is 0 Å². The third kappa shape index (κ3) is 1.62. The summed E-state index contributed by atoms with van der Waals surface area (Å²) in [6.07, 6.45) is 3.45. The summed E-state index contributed by atoms with van der Waals surface area (Å²) in [6.45, 7) is 2.18. The van der Waals surface area contributed by atoms with E-state index in [2.05, 4.69) is 4.98 Å². The van der Waals surface area contributed by atoms with Gasteiger partial charge in [-0.25, -0.2) is 9.78 Å². The molecular formula is C14H12N2O2. The van der Waals surface area contributed by atoms with Crippen LogP contribution in [0.1, 0.15) is 17.3 Å². The number of para-hydroxylation sites is 1. The topological polar surface area (TPSA) is 43.6 Å². The van der Waals surface area contributed by atoms with Gasteiger partial charge in [0.25, 0.3) is 0 Å². The largest absolute Gasteiger partial charge is 0.462 e. The van der Waals surface area contributed by atoms with Crippen LogP contribution in [0.3, 0.4) is 0 Å². The molecule has 0 atom stereocenters. The van der Waals surface area contributed by atoms with E-state index < -0.39 is 0 Å². The first-order valence-electron chi connectivity index (χ1n) is 5.82. The molecule has 0 spiro atoms. The van der Waals surface area contributed by atoms with Gasteiger partial charge in [-0.1, -0.05) is 18.2 Å². The predicted octanol–water partition coefficient (Wildman–Crippen LogP) is 2.66. The monoisotopic (exact) mass is 240 g/mol. The van der Waals surface area contributed by atoms with Crippen molar-refractivity contribution >= 4 is 22.4 Å². The fourth-order valence-electron chi connectivity index (χ4n) is 2.04. The molecule has 18 heavy (non-hydrogen) atoms. The number of hydrogen-bond acceptors (Lipinski definition) is 3. The van der Waals surface area contributed by atoms with Crippen LogP contribution in [-0.2, 0) is 4.74 Å². The molecule has 0 fully saturated rings. The number of carbonyl (C=O) groups excluding carboxylic acids is 1. The molecule has 2 heterocycles. The maximum atomic E-state index is 11.7. The molecule has 0 saturated carbocycles. The van der Waals surface area contributed by atoms with Gasteiger partial charge in [0.2, 0.25) is 0 Å². The Morgan fingerprint density at radius 1 is 1.39 bits per heavy atom. The number of carbonyl (C=O) groups is 1. The maximum absolute atomic E-state index is 11.7. The molecule has 3 aromatic rings. The Hall–Kier alpha value is -2.36. The highest BCUT2D eigenvalue weighted by Gasteiger charge is 2.11. The van der Waals surface area contributed by atoms with Crippen LogP contribution < -0.4 is 0 Å². The average Bonchev–Trinajstić information content (AvgIpc) is 2.83. The van der Waals surface area contributed by atoms with E-state index in [1.807, 2.05) is 34.7 Å². The van der Waals surface area contributed by atoms with Gasteiger partial charge in [-0.2, -0.15) is 0 Å². The molecule has 2 aromatic heterocycles. The number of esters is 1. The summed E-state index contributed by atoms with van der Waals surface area (Å²) in [5.74, 6) is -0.301. The third-order valence-electron chi connectivity index (χ3n) is 2.86. The number of nitrogens with zero attached hydrogens (tertiary/aromatic N) is 2. The van der Waals surface area contributed by atoms with E-state index in [9.17, 15) is 4.79 Å². The smallest absolute Gasteiger partial charge is 0.339 e. The summed E-state index contributed by atoms with van der Waals surface area (Å²) in [6, 6.07) is 9.68. The normalized spacial score (nSPS) is 10.9. The first-order valence-corrected chi connectivity index (χ1v) is 5.82. The lowest BCUT2D eigenvalue weighted by Crippen LogP contribution is -2.02. The first kappa shape index (κ1) is 10.8. The fourth-order valence-corrected chi connectivity index (χ4v) is 2.04. The van der Waals surface area contributed by atoms with Crippen LogP contribution in [-0.4, -0.2) is 22.0 Å². The zero-order valence-electron chi connectivity index (χ0n) is 9.96. The minimum Gasteiger partial charge on any atom is -0.462 e. The minimum absolute atomic E-state index is 0.301. The molecule has 0 aliphatic carbocycles. The Kier molecular flexibility index (Phi) is 2.48. The maximum Gasteiger partial charge on any atom is 0.339 e. The van der Waals surface area contributed by atoms with Gasteiger partial charge in [-0.05, 0) is 19.1 Å². The molecule has 0 radical (unpaired) electrons. The summed E-state index contributed by atoms with van der Waals surface area (Å²) in [5, 5.41) is 1.02. The van der Waals surface area contributed by atoms with E-state index >= 15 is 0 Å². The number of ether oxygens (including phenoxy) is 1. The van der Waals surface area contributed by atoms with Crippen molar-refractivity contribution in [2.45, 2.75) is 6.92 Å². The second kappa shape index (κ2) is 4.14. The second-order valence-corrected chi connectivity index (χ2v) is 4.00. The van der Waals surface area contributed by atoms with E-state index in [-0.39, 0.29) is 5.97 Å². The molecule has 4 heteroatoms. The molecule has 0 bridgehead atoms. The molecule has 3 rings (SSSR count). The number of hydrogen-bond donors (Lipinski definition) is 0. The van der Waals surface area contributed by atoms with Crippen molar-refractivity contribution in [1.82, 2.24) is 9.38 Å². The van der Waals surface area contributed by atoms with Crippen molar-refractivity contribution in [2.75, 3.05) is 6.61 Å². The molecule has 0 unspecified atom stereocenters. The van der Waals surface area contributed by atoms with Crippen LogP contribution in [0.15, 0.2) is 42.9 Å². The summed E-state index contributed by atoms with van der Waals surface area (Å²) in [7, 11) is 0. The lowest BCUT2D eigenvalue weighted by molar-refractivity contribution is 0.0526. The lowest BCUT2D eigenvalue weighted by atomic mass is 10.2. The first-order chi connectivity index (χ1) is 8.79. The van der Waals surface area contributed by atoms with E-state index in [0.717, 1.165) is 16.4 Å². The number of aromatic nitrogens is 2. The van der Waals surface area contributed by atoms with Crippen molar-refractivity contribution < 1.29 is 9.53 Å². The zero-order valence-corrected chi connectivity index (χ0v) is 9.96. The van der Waals surface area contributed by atoms with Crippen molar-refractivity contribution in [3.8, 4) is 0 Å². The highest BCUT2D eigenvalue weighted by molar-refractivity contribution is 5.98. The van der Waals surface area contributed by atoms with Gasteiger partial charge in [-0.3, -0.25) is 0 Å². The second-order valence-electron chi connectivity index (χ2n) is 4.00. The highest BCUT2D eigenvalue weighted by atomic mass is 16.5. The Labute approximate surface area is 104 Å². The van der Waals surface area contributed by atoms with Gasteiger partial charge in [0, 0.05) is 11.6 Å². The van der Waals surface area contributed by atoms with Gasteiger partial charge in [0.15, 0.2) is 0 Å². The zero-order chi connectivity index (χ0) is 12.5. The summed E-state index contributed by atoms with van der Waals surface area (Å²) >= 11 is 0. The number of fused-ring (bicyclic) bond motifs is 3. The molecule has 0 aliphatic rings. The standard InChI is InChI=1S/C14H12N2O2/c1-2-18-14(17)10-7-13-11-5-3-4-6-12(11)15-9-16(13)8-10/h3-9H,2H2,1H3. The lowest BCUT2D eigenvalue weighted by Gasteiger charge is -1.99. The van der Waals surface area contributed by atoms with E-state index in [0.29, 0.717) is 12.2 Å². The molecule has 4 nitrogen and oxygen atoms in total. The SMILES string of the molecule is CCOC(=O)c1cc2c3ccccc3ncn2c1. The predicted molar refractivity (Wildman–Crippen MR) is 68.7 cm³/mol. The van der Waals surface area contributed by atoms with E-state index in [1.165, 1.54) is 0 Å². The molecule has 1 aromatic carbocycles. The molecular weight excluding hydrogens is 228 g/mol. The van der Waals surface area contributed by atoms with Gasteiger partial charge < -0.3 is 9.14 Å². The minimum atomic E-state index is -0.301. The third-order valence-corrected chi connectivity index (χ3v) is 2.86. The summed E-state index contributed by atoms with van der Waals surface area (Å²) in [4.78, 5) is 16.0. The van der Waals surface area contributed by atoms with E-state index in [1.54, 1.807) is 19.4 Å². The summed E-state index contributed by atoms with van der Waals surface area (Å²) < 4.78 is 6.84. The fraction of sp³-hybridized carbons (Fsp3) is 0.143. The molecule has 0 aliphatic heterocycles. The van der Waals surface area contributed by atoms with Crippen molar-refractivity contribution in [1.29, 1.82) is 0 Å². The Morgan fingerprint density at radius 3 is 3.06 bits per heavy atom. The van der Waals surface area contributed by atoms with Crippen LogP contribution in [0.4, 0.5) is 0 Å². The molecule has 90 valence electrons. The molecule has 0 amide bonds. The molecule has 0 saturated heterocycles. The van der Waals surface area contributed by atoms with Crippen LogP contribution in [0.5, 0.6) is 0 Å². The van der Waals surface area contributed by atoms with Gasteiger partial charge >= 0.3 is 5.97 Å². The van der Waals surface area contributed by atoms with E-state index in [4.69, 9.17) is 4.74 Å². The van der Waals surface area contributed by atoms with Gasteiger partial charge in [0.1, 0.15) is 0 Å². The van der Waals surface area contributed by atoms with Crippen molar-refractivity contribution in [2.24, 2.45) is 0 Å². The van der Waals surface area contributed by atoms with Crippen molar-refractivity contribution in [3.63, 3.8) is 0 Å². The van der Waals surface area contributed by atoms with Crippen LogP contribution in [0.25, 0.3) is 16.4 Å². The average molecular weight is 240 g/mol. The van der Waals surface area contributed by atoms with Crippen LogP contribution in [0, 0.1) is 0 Å². The van der Waals surface area contributed by atoms with Gasteiger partial charge in [-0.15, -0.1) is 0 Å². The number of benzene rings is 1.